The molecule has 1 fully saturated rings. The first kappa shape index (κ1) is 23.7. The third-order valence-corrected chi connectivity index (χ3v) is 8.57. The SMILES string of the molecule is O=C(O)C=C[C@@H]1C[C@@H](NS(=O)(=O)c2ccc(Cl)cc2)CN1S(=O)(=O)c1ccc(Cl)cc1. The number of nitrogens with one attached hydrogen (secondary N) is 1. The smallest absolute Gasteiger partial charge is 0.328 e. The van der Waals surface area contributed by atoms with Gasteiger partial charge < -0.3 is 5.11 Å². The Morgan fingerprint density at radius 1 is 0.968 bits per heavy atom. The van der Waals surface area contributed by atoms with E-state index in [2.05, 4.69) is 4.72 Å². The van der Waals surface area contributed by atoms with Crippen LogP contribution < -0.4 is 4.72 Å². The molecule has 3 rings (SSSR count). The second-order valence-electron chi connectivity index (χ2n) is 6.80. The van der Waals surface area contributed by atoms with E-state index in [0.29, 0.717) is 10.0 Å². The summed E-state index contributed by atoms with van der Waals surface area (Å²) in [7, 11) is -7.98. The van der Waals surface area contributed by atoms with Gasteiger partial charge in [0.15, 0.2) is 0 Å². The zero-order valence-corrected chi connectivity index (χ0v) is 19.0. The monoisotopic (exact) mass is 504 g/mol. The zero-order chi connectivity index (χ0) is 22.8. The molecule has 8 nitrogen and oxygen atoms in total. The number of benzene rings is 2. The van der Waals surface area contributed by atoms with E-state index < -0.39 is 38.1 Å². The lowest BCUT2D eigenvalue weighted by Gasteiger charge is -2.21. The number of hydrogen-bond donors (Lipinski definition) is 2. The molecule has 31 heavy (non-hydrogen) atoms. The molecule has 0 aromatic heterocycles. The van der Waals surface area contributed by atoms with Crippen LogP contribution in [0.25, 0.3) is 0 Å². The number of nitrogens with zero attached hydrogens (tertiary/aromatic N) is 1. The quantitative estimate of drug-likeness (QED) is 0.559. The number of halogens is 2. The van der Waals surface area contributed by atoms with E-state index in [4.69, 9.17) is 28.3 Å². The number of carboxylic acid groups (broad SMARTS) is 1. The third kappa shape index (κ3) is 5.65. The second-order valence-corrected chi connectivity index (χ2v) is 11.3. The van der Waals surface area contributed by atoms with Gasteiger partial charge in [-0.05, 0) is 55.0 Å². The Balaban J connectivity index is 1.89. The Labute approximate surface area is 190 Å². The Kier molecular flexibility index (Phi) is 7.09. The van der Waals surface area contributed by atoms with Crippen LogP contribution in [0.15, 0.2) is 70.5 Å². The molecule has 0 saturated carbocycles. The van der Waals surface area contributed by atoms with Crippen molar-refractivity contribution < 1.29 is 26.7 Å². The molecule has 1 saturated heterocycles. The van der Waals surface area contributed by atoms with E-state index in [1.165, 1.54) is 54.6 Å². The van der Waals surface area contributed by atoms with Crippen LogP contribution in [0.3, 0.4) is 0 Å². The maximum atomic E-state index is 13.1. The van der Waals surface area contributed by atoms with Crippen molar-refractivity contribution in [3.8, 4) is 0 Å². The third-order valence-electron chi connectivity index (χ3n) is 4.62. The highest BCUT2D eigenvalue weighted by Crippen LogP contribution is 2.29. The van der Waals surface area contributed by atoms with Gasteiger partial charge in [-0.1, -0.05) is 29.3 Å². The van der Waals surface area contributed by atoms with Crippen molar-refractivity contribution in [3.05, 3.63) is 70.7 Å². The van der Waals surface area contributed by atoms with Crippen LogP contribution in [0.2, 0.25) is 10.0 Å². The fourth-order valence-electron chi connectivity index (χ4n) is 3.21. The van der Waals surface area contributed by atoms with Crippen molar-refractivity contribution in [2.45, 2.75) is 28.3 Å². The van der Waals surface area contributed by atoms with E-state index >= 15 is 0 Å². The fourth-order valence-corrected chi connectivity index (χ4v) is 6.34. The predicted molar refractivity (Wildman–Crippen MR) is 116 cm³/mol. The number of aliphatic carboxylic acids is 1. The molecule has 12 heteroatoms. The molecule has 2 N–H and O–H groups in total. The van der Waals surface area contributed by atoms with Crippen LogP contribution in [0.5, 0.6) is 0 Å². The van der Waals surface area contributed by atoms with Crippen LogP contribution in [0.1, 0.15) is 6.42 Å². The zero-order valence-electron chi connectivity index (χ0n) is 15.9. The molecule has 1 aliphatic heterocycles. The largest absolute Gasteiger partial charge is 0.478 e. The lowest BCUT2D eigenvalue weighted by molar-refractivity contribution is -0.131. The summed E-state index contributed by atoms with van der Waals surface area (Å²) in [5, 5.41) is 9.67. The van der Waals surface area contributed by atoms with Crippen molar-refractivity contribution in [2.24, 2.45) is 0 Å². The van der Waals surface area contributed by atoms with Gasteiger partial charge in [-0.15, -0.1) is 0 Å². The summed E-state index contributed by atoms with van der Waals surface area (Å²) in [4.78, 5) is 10.9. The summed E-state index contributed by atoms with van der Waals surface area (Å²) < 4.78 is 55.2. The van der Waals surface area contributed by atoms with Crippen LogP contribution >= 0.6 is 23.2 Å². The summed E-state index contributed by atoms with van der Waals surface area (Å²) in [6, 6.07) is 9.43. The summed E-state index contributed by atoms with van der Waals surface area (Å²) in [6.45, 7) is -0.174. The maximum Gasteiger partial charge on any atom is 0.328 e. The molecule has 2 aromatic rings. The molecule has 0 amide bonds. The minimum atomic E-state index is -4.03. The molecular weight excluding hydrogens is 487 g/mol. The highest BCUT2D eigenvalue weighted by Gasteiger charge is 2.40. The molecule has 166 valence electrons. The van der Waals surface area contributed by atoms with Crippen molar-refractivity contribution >= 4 is 49.2 Å². The highest BCUT2D eigenvalue weighted by molar-refractivity contribution is 7.89. The number of carbonyl (C=O) groups is 1. The molecule has 0 spiro atoms. The van der Waals surface area contributed by atoms with Gasteiger partial charge in [-0.25, -0.2) is 26.4 Å². The molecule has 0 unspecified atom stereocenters. The second kappa shape index (κ2) is 9.27. The van der Waals surface area contributed by atoms with Crippen molar-refractivity contribution in [1.82, 2.24) is 9.03 Å². The maximum absolute atomic E-state index is 13.1. The predicted octanol–water partition coefficient (Wildman–Crippen LogP) is 2.74. The molecule has 2 aromatic carbocycles. The minimum Gasteiger partial charge on any atom is -0.478 e. The number of sulfonamides is 2. The lowest BCUT2D eigenvalue weighted by atomic mass is 10.2. The van der Waals surface area contributed by atoms with E-state index in [0.717, 1.165) is 10.4 Å². The molecule has 0 aliphatic carbocycles. The van der Waals surface area contributed by atoms with Gasteiger partial charge in [0.1, 0.15) is 0 Å². The van der Waals surface area contributed by atoms with Gasteiger partial charge in [0.25, 0.3) is 0 Å². The number of rotatable bonds is 7. The molecule has 0 radical (unpaired) electrons. The molecule has 0 bridgehead atoms. The Hall–Kier alpha value is -1.95. The van der Waals surface area contributed by atoms with Crippen molar-refractivity contribution in [2.75, 3.05) is 6.54 Å². The number of carboxylic acids is 1. The van der Waals surface area contributed by atoms with E-state index in [-0.39, 0.29) is 22.8 Å². The van der Waals surface area contributed by atoms with Gasteiger partial charge in [0, 0.05) is 34.7 Å². The normalized spacial score (nSPS) is 20.3. The van der Waals surface area contributed by atoms with E-state index in [1.807, 2.05) is 0 Å². The lowest BCUT2D eigenvalue weighted by Crippen LogP contribution is -2.39. The first-order valence-electron chi connectivity index (χ1n) is 8.95. The van der Waals surface area contributed by atoms with Gasteiger partial charge in [-0.3, -0.25) is 0 Å². The van der Waals surface area contributed by atoms with Crippen LogP contribution in [-0.2, 0) is 24.8 Å². The van der Waals surface area contributed by atoms with Gasteiger partial charge >= 0.3 is 5.97 Å². The summed E-state index contributed by atoms with van der Waals surface area (Å²) >= 11 is 11.6. The topological polar surface area (TPSA) is 121 Å². The van der Waals surface area contributed by atoms with Gasteiger partial charge in [0.05, 0.1) is 9.79 Å². The fraction of sp³-hybridized carbons (Fsp3) is 0.211. The van der Waals surface area contributed by atoms with Crippen LogP contribution in [0.4, 0.5) is 0 Å². The molecule has 1 aliphatic rings. The van der Waals surface area contributed by atoms with Crippen molar-refractivity contribution in [3.63, 3.8) is 0 Å². The Bertz CT molecular complexity index is 1200. The van der Waals surface area contributed by atoms with Crippen molar-refractivity contribution in [1.29, 1.82) is 0 Å². The van der Waals surface area contributed by atoms with Crippen LogP contribution in [0, 0.1) is 0 Å². The Morgan fingerprint density at radius 2 is 1.48 bits per heavy atom. The summed E-state index contributed by atoms with van der Waals surface area (Å²) in [6.07, 6.45) is 2.13. The molecular formula is C19H18Cl2N2O6S2. The summed E-state index contributed by atoms with van der Waals surface area (Å²) in [5.41, 5.74) is 0. The van der Waals surface area contributed by atoms with E-state index in [9.17, 15) is 21.6 Å². The highest BCUT2D eigenvalue weighted by atomic mass is 35.5. The Morgan fingerprint density at radius 3 is 2.00 bits per heavy atom. The summed E-state index contributed by atoms with van der Waals surface area (Å²) in [5.74, 6) is -1.24. The van der Waals surface area contributed by atoms with Gasteiger partial charge in [-0.2, -0.15) is 4.31 Å². The first-order chi connectivity index (χ1) is 14.5. The average Bonchev–Trinajstić information content (AvgIpc) is 3.10. The molecule has 2 atom stereocenters. The minimum absolute atomic E-state index is 0.0199. The van der Waals surface area contributed by atoms with E-state index in [1.54, 1.807) is 0 Å². The van der Waals surface area contributed by atoms with Crippen LogP contribution in [-0.4, -0.2) is 50.8 Å². The first-order valence-corrected chi connectivity index (χ1v) is 12.6. The van der Waals surface area contributed by atoms with Gasteiger partial charge in [0.2, 0.25) is 20.0 Å². The average molecular weight is 505 g/mol. The number of hydrogen-bond acceptors (Lipinski definition) is 5. The standard InChI is InChI=1S/C19H18Cl2N2O6S2/c20-13-1-6-17(7-2-13)30(26,27)22-15-11-16(5-10-19(24)25)23(12-15)31(28,29)18-8-3-14(21)4-9-18/h1-10,15-16,22H,11-12H2,(H,24,25)/t15-,16-/m1/s1. The molecule has 1 heterocycles.